The summed E-state index contributed by atoms with van der Waals surface area (Å²) in [5.41, 5.74) is 6.00. The molecule has 5 rings (SSSR count). The molecule has 0 fully saturated rings. The lowest BCUT2D eigenvalue weighted by Crippen LogP contribution is -2.22. The van der Waals surface area contributed by atoms with Crippen molar-refractivity contribution in [2.45, 2.75) is 13.2 Å². The molecule has 3 aromatic carbocycles. The molecule has 0 N–H and O–H groups in total. The minimum absolute atomic E-state index is 0.145. The molecule has 26 heavy (non-hydrogen) atoms. The van der Waals surface area contributed by atoms with Crippen LogP contribution in [-0.2, 0) is 0 Å². The smallest absolute Gasteiger partial charge is 0.203 e. The third-order valence-corrected chi connectivity index (χ3v) is 5.99. The average molecular weight is 357 g/mol. The van der Waals surface area contributed by atoms with Crippen LogP contribution in [-0.4, -0.2) is 11.2 Å². The maximum absolute atomic E-state index is 6.51. The zero-order chi connectivity index (χ0) is 17.7. The van der Waals surface area contributed by atoms with Gasteiger partial charge in [-0.2, -0.15) is 0 Å². The lowest BCUT2D eigenvalue weighted by atomic mass is 10.1. The minimum atomic E-state index is -0.145. The van der Waals surface area contributed by atoms with E-state index in [0.29, 0.717) is 0 Å². The highest BCUT2D eigenvalue weighted by molar-refractivity contribution is 7.46. The van der Waals surface area contributed by atoms with Crippen molar-refractivity contribution < 1.29 is 4.74 Å². The highest BCUT2D eigenvalue weighted by Gasteiger charge is 2.28. The molecule has 0 saturated heterocycles. The summed E-state index contributed by atoms with van der Waals surface area (Å²) in [5, 5.41) is 2.67. The van der Waals surface area contributed by atoms with Crippen LogP contribution in [0.5, 0.6) is 5.75 Å². The minimum Gasteiger partial charge on any atom is -0.465 e. The monoisotopic (exact) mass is 357 g/mol. The number of hydrogen-bond acceptors (Lipinski definition) is 1. The zero-order valence-electron chi connectivity index (χ0n) is 14.9. The highest BCUT2D eigenvalue weighted by Crippen LogP contribution is 2.44. The molecule has 2 atom stereocenters. The summed E-state index contributed by atoms with van der Waals surface area (Å²) in [7, 11) is 0.804. The Bertz CT molecular complexity index is 1110. The van der Waals surface area contributed by atoms with Crippen molar-refractivity contribution in [2.75, 3.05) is 6.66 Å². The van der Waals surface area contributed by atoms with Gasteiger partial charge in [-0.05, 0) is 54.8 Å². The van der Waals surface area contributed by atoms with Gasteiger partial charge >= 0.3 is 0 Å². The lowest BCUT2D eigenvalue weighted by Gasteiger charge is -2.30. The molecule has 128 valence electrons. The summed E-state index contributed by atoms with van der Waals surface area (Å²) < 4.78 is 8.85. The second kappa shape index (κ2) is 6.00. The first-order valence-corrected chi connectivity index (χ1v) is 10.4. The number of aromatic nitrogens is 1. The van der Waals surface area contributed by atoms with Gasteiger partial charge in [-0.15, -0.1) is 0 Å². The molecule has 0 radical (unpaired) electrons. The third kappa shape index (κ3) is 2.37. The van der Waals surface area contributed by atoms with Gasteiger partial charge in [0.2, 0.25) is 6.23 Å². The van der Waals surface area contributed by atoms with E-state index in [1.807, 2.05) is 6.07 Å². The van der Waals surface area contributed by atoms with Crippen LogP contribution in [0.3, 0.4) is 0 Å². The van der Waals surface area contributed by atoms with Gasteiger partial charge in [0.15, 0.2) is 0 Å². The number of nitrogens with zero attached hydrogens (tertiary/aromatic N) is 1. The molecule has 4 aromatic rings. The molecular formula is C23H20NOP. The third-order valence-electron chi connectivity index (χ3n) is 5.10. The molecule has 1 aliphatic rings. The molecule has 0 amide bonds. The Balaban J connectivity index is 1.82. The molecule has 2 unspecified atom stereocenters. The van der Waals surface area contributed by atoms with Crippen LogP contribution in [0.4, 0.5) is 0 Å². The fourth-order valence-corrected chi connectivity index (χ4v) is 4.35. The molecule has 0 saturated carbocycles. The number of rotatable bonds is 2. The van der Waals surface area contributed by atoms with Crippen molar-refractivity contribution >= 4 is 24.8 Å². The van der Waals surface area contributed by atoms with Gasteiger partial charge in [-0.3, -0.25) is 0 Å². The fraction of sp³-hybridized carbons (Fsp3) is 0.130. The second-order valence-corrected chi connectivity index (χ2v) is 7.88. The van der Waals surface area contributed by atoms with Gasteiger partial charge < -0.3 is 9.30 Å². The maximum atomic E-state index is 6.51. The Labute approximate surface area is 155 Å². The summed E-state index contributed by atoms with van der Waals surface area (Å²) in [6.07, 6.45) is -0.145. The van der Waals surface area contributed by atoms with E-state index in [0.717, 1.165) is 14.3 Å². The number of aryl methyl sites for hydroxylation is 1. The van der Waals surface area contributed by atoms with Gasteiger partial charge in [0.1, 0.15) is 5.75 Å². The van der Waals surface area contributed by atoms with E-state index in [-0.39, 0.29) is 6.23 Å². The summed E-state index contributed by atoms with van der Waals surface area (Å²) in [6, 6.07) is 26.1. The van der Waals surface area contributed by atoms with E-state index < -0.39 is 0 Å². The molecule has 2 nitrogen and oxygen atoms in total. The van der Waals surface area contributed by atoms with Crippen molar-refractivity contribution in [3.8, 4) is 17.0 Å². The van der Waals surface area contributed by atoms with E-state index in [1.165, 1.54) is 38.6 Å². The Hall–Kier alpha value is -2.57. The zero-order valence-corrected chi connectivity index (χ0v) is 15.9. The van der Waals surface area contributed by atoms with E-state index >= 15 is 0 Å². The van der Waals surface area contributed by atoms with Gasteiger partial charge in [0, 0.05) is 16.5 Å². The largest absolute Gasteiger partial charge is 0.465 e. The van der Waals surface area contributed by atoms with Crippen molar-refractivity contribution in [1.29, 1.82) is 0 Å². The number of benzene rings is 3. The van der Waals surface area contributed by atoms with Gasteiger partial charge in [-0.1, -0.05) is 51.0 Å². The summed E-state index contributed by atoms with van der Waals surface area (Å²) in [5.74, 6) is 0.965. The van der Waals surface area contributed by atoms with Crippen LogP contribution in [0.25, 0.3) is 22.2 Å². The standard InChI is InChI=1S/C23H20NOP/c1-15-8-10-19-21-14-17-13-18(26-2)9-11-20(17)24(21)23(25-22(19)12-15)16-6-4-3-5-7-16/h3-14,23,26H,1-2H3. The topological polar surface area (TPSA) is 14.2 Å². The molecule has 1 aromatic heterocycles. The average Bonchev–Trinajstić information content (AvgIpc) is 3.06. The second-order valence-electron chi connectivity index (χ2n) is 6.80. The van der Waals surface area contributed by atoms with Crippen LogP contribution < -0.4 is 10.0 Å². The van der Waals surface area contributed by atoms with E-state index in [4.69, 9.17) is 4.74 Å². The van der Waals surface area contributed by atoms with Crippen molar-refractivity contribution in [1.82, 2.24) is 4.57 Å². The Morgan fingerprint density at radius 3 is 2.58 bits per heavy atom. The molecule has 1 aliphatic heterocycles. The molecular weight excluding hydrogens is 337 g/mol. The van der Waals surface area contributed by atoms with Crippen LogP contribution in [0.1, 0.15) is 17.4 Å². The number of fused-ring (bicyclic) bond motifs is 5. The Morgan fingerprint density at radius 2 is 1.77 bits per heavy atom. The Kier molecular flexibility index (Phi) is 3.62. The Morgan fingerprint density at radius 1 is 0.923 bits per heavy atom. The first-order chi connectivity index (χ1) is 12.7. The quantitative estimate of drug-likeness (QED) is 0.433. The van der Waals surface area contributed by atoms with Crippen LogP contribution >= 0.6 is 8.58 Å². The molecule has 3 heteroatoms. The predicted octanol–water partition coefficient (Wildman–Crippen LogP) is 5.49. The van der Waals surface area contributed by atoms with Crippen LogP contribution in [0, 0.1) is 6.92 Å². The first-order valence-electron chi connectivity index (χ1n) is 8.90. The predicted molar refractivity (Wildman–Crippen MR) is 111 cm³/mol. The van der Waals surface area contributed by atoms with Crippen molar-refractivity contribution in [3.05, 3.63) is 83.9 Å². The normalized spacial score (nSPS) is 15.8. The first kappa shape index (κ1) is 15.7. The summed E-state index contributed by atoms with van der Waals surface area (Å²) >= 11 is 0. The number of hydrogen-bond donors (Lipinski definition) is 0. The van der Waals surface area contributed by atoms with E-state index in [9.17, 15) is 0 Å². The van der Waals surface area contributed by atoms with Gasteiger partial charge in [0.25, 0.3) is 0 Å². The maximum Gasteiger partial charge on any atom is 0.203 e. The lowest BCUT2D eigenvalue weighted by molar-refractivity contribution is 0.173. The van der Waals surface area contributed by atoms with Crippen molar-refractivity contribution in [3.63, 3.8) is 0 Å². The molecule has 0 bridgehead atoms. The molecule has 0 aliphatic carbocycles. The molecule has 2 heterocycles. The molecule has 0 spiro atoms. The SMILES string of the molecule is CPc1ccc2c(c1)cc1n2C(c2ccccc2)Oc2cc(C)ccc2-1. The van der Waals surface area contributed by atoms with Crippen LogP contribution in [0.2, 0.25) is 0 Å². The van der Waals surface area contributed by atoms with E-state index in [2.05, 4.69) is 84.9 Å². The summed E-state index contributed by atoms with van der Waals surface area (Å²) in [4.78, 5) is 0. The van der Waals surface area contributed by atoms with Crippen LogP contribution in [0.15, 0.2) is 72.8 Å². The highest BCUT2D eigenvalue weighted by atomic mass is 31.1. The van der Waals surface area contributed by atoms with E-state index in [1.54, 1.807) is 0 Å². The van der Waals surface area contributed by atoms with Gasteiger partial charge in [-0.25, -0.2) is 0 Å². The van der Waals surface area contributed by atoms with Crippen molar-refractivity contribution in [2.24, 2.45) is 0 Å². The fourth-order valence-electron chi connectivity index (χ4n) is 3.80. The summed E-state index contributed by atoms with van der Waals surface area (Å²) in [6.45, 7) is 4.34. The van der Waals surface area contributed by atoms with Gasteiger partial charge in [0.05, 0.1) is 11.2 Å². The number of ether oxygens (including phenoxy) is 1.